The Morgan fingerprint density at radius 3 is 2.77 bits per heavy atom. The maximum absolute atomic E-state index is 5.76. The third-order valence-electron chi connectivity index (χ3n) is 2.95. The number of para-hydroxylation sites is 2. The minimum absolute atomic E-state index is 0.265. The first-order valence-corrected chi connectivity index (χ1v) is 7.23. The zero-order valence-corrected chi connectivity index (χ0v) is 13.0. The molecule has 0 fully saturated rings. The number of aromatic nitrogens is 2. The molecule has 0 aliphatic heterocycles. The van der Waals surface area contributed by atoms with Gasteiger partial charge in [-0.05, 0) is 44.5 Å². The van der Waals surface area contributed by atoms with Crippen LogP contribution < -0.4 is 10.1 Å². The number of hydrogen-bond donors (Lipinski definition) is 1. The van der Waals surface area contributed by atoms with Crippen LogP contribution in [0.1, 0.15) is 26.3 Å². The number of nitrogens with zero attached hydrogens (tertiary/aromatic N) is 2. The van der Waals surface area contributed by atoms with Crippen molar-refractivity contribution in [2.24, 2.45) is 0 Å². The first-order valence-electron chi connectivity index (χ1n) is 7.23. The van der Waals surface area contributed by atoms with Crippen LogP contribution in [0.5, 0.6) is 5.88 Å². The van der Waals surface area contributed by atoms with Crippen LogP contribution in [0.15, 0.2) is 47.0 Å². The third-order valence-corrected chi connectivity index (χ3v) is 2.95. The van der Waals surface area contributed by atoms with Gasteiger partial charge in [-0.3, -0.25) is 0 Å². The third kappa shape index (κ3) is 3.55. The van der Waals surface area contributed by atoms with Crippen molar-refractivity contribution in [3.8, 4) is 5.88 Å². The number of rotatable bonds is 4. The van der Waals surface area contributed by atoms with Crippen molar-refractivity contribution in [1.82, 2.24) is 9.97 Å². The lowest BCUT2D eigenvalue weighted by atomic mass is 10.2. The van der Waals surface area contributed by atoms with Crippen molar-refractivity contribution in [2.45, 2.75) is 32.9 Å². The number of pyridine rings is 1. The first-order chi connectivity index (χ1) is 10.5. The van der Waals surface area contributed by atoms with Gasteiger partial charge in [0.25, 0.3) is 6.01 Å². The molecule has 3 aromatic rings. The van der Waals surface area contributed by atoms with Gasteiger partial charge < -0.3 is 14.5 Å². The van der Waals surface area contributed by atoms with E-state index in [1.54, 1.807) is 6.20 Å². The summed E-state index contributed by atoms with van der Waals surface area (Å²) in [5.41, 5.74) is 2.41. The fraction of sp³-hybridized carbons (Fsp3) is 0.294. The summed E-state index contributed by atoms with van der Waals surface area (Å²) in [6.45, 7) is 6.59. The SMILES string of the molecule is CC(C)(C)Oc1cc(CNc2nc3ccccc3o2)ccn1. The quantitative estimate of drug-likeness (QED) is 0.788. The Hall–Kier alpha value is -2.56. The number of oxazole rings is 1. The van der Waals surface area contributed by atoms with Gasteiger partial charge in [0, 0.05) is 18.8 Å². The summed E-state index contributed by atoms with van der Waals surface area (Å²) in [5.74, 6) is 0.615. The van der Waals surface area contributed by atoms with Crippen LogP contribution in [0.25, 0.3) is 11.1 Å². The second-order valence-electron chi connectivity index (χ2n) is 6.06. The maximum Gasteiger partial charge on any atom is 0.295 e. The van der Waals surface area contributed by atoms with Gasteiger partial charge in [-0.1, -0.05) is 12.1 Å². The largest absolute Gasteiger partial charge is 0.472 e. The van der Waals surface area contributed by atoms with E-state index in [2.05, 4.69) is 15.3 Å². The van der Waals surface area contributed by atoms with Crippen molar-refractivity contribution < 1.29 is 9.15 Å². The Morgan fingerprint density at radius 2 is 2.00 bits per heavy atom. The van der Waals surface area contributed by atoms with Gasteiger partial charge in [-0.2, -0.15) is 4.98 Å². The molecule has 1 aromatic carbocycles. The molecule has 0 spiro atoms. The topological polar surface area (TPSA) is 60.2 Å². The standard InChI is InChI=1S/C17H19N3O2/c1-17(2,3)22-15-10-12(8-9-18-15)11-19-16-20-13-6-4-5-7-14(13)21-16/h4-10H,11H2,1-3H3,(H,19,20). The number of fused-ring (bicyclic) bond motifs is 1. The highest BCUT2D eigenvalue weighted by atomic mass is 16.5. The molecule has 0 saturated carbocycles. The molecule has 0 atom stereocenters. The normalized spacial score (nSPS) is 11.6. The number of ether oxygens (including phenoxy) is 1. The highest BCUT2D eigenvalue weighted by Gasteiger charge is 2.13. The van der Waals surface area contributed by atoms with E-state index in [9.17, 15) is 0 Å². The molecule has 5 heteroatoms. The molecule has 2 aromatic heterocycles. The molecule has 22 heavy (non-hydrogen) atoms. The lowest BCUT2D eigenvalue weighted by Crippen LogP contribution is -2.23. The zero-order valence-electron chi connectivity index (χ0n) is 13.0. The summed E-state index contributed by atoms with van der Waals surface area (Å²) in [6.07, 6.45) is 1.74. The molecular formula is C17H19N3O2. The number of hydrogen-bond acceptors (Lipinski definition) is 5. The Labute approximate surface area is 129 Å². The van der Waals surface area contributed by atoms with Gasteiger partial charge in [0.2, 0.25) is 5.88 Å². The lowest BCUT2D eigenvalue weighted by molar-refractivity contribution is 0.124. The van der Waals surface area contributed by atoms with Crippen LogP contribution in [0.4, 0.5) is 6.01 Å². The van der Waals surface area contributed by atoms with E-state index in [-0.39, 0.29) is 5.60 Å². The van der Waals surface area contributed by atoms with Crippen LogP contribution >= 0.6 is 0 Å². The molecule has 2 heterocycles. The van der Waals surface area contributed by atoms with E-state index >= 15 is 0 Å². The van der Waals surface area contributed by atoms with E-state index < -0.39 is 0 Å². The minimum atomic E-state index is -0.265. The molecule has 0 unspecified atom stereocenters. The maximum atomic E-state index is 5.76. The van der Waals surface area contributed by atoms with Crippen molar-refractivity contribution in [2.75, 3.05) is 5.32 Å². The molecule has 0 aliphatic carbocycles. The Balaban J connectivity index is 1.69. The summed E-state index contributed by atoms with van der Waals surface area (Å²) in [4.78, 5) is 8.61. The van der Waals surface area contributed by atoms with Gasteiger partial charge in [0.1, 0.15) is 11.1 Å². The van der Waals surface area contributed by atoms with Gasteiger partial charge in [-0.15, -0.1) is 0 Å². The monoisotopic (exact) mass is 297 g/mol. The molecule has 0 radical (unpaired) electrons. The van der Waals surface area contributed by atoms with Crippen LogP contribution in [-0.4, -0.2) is 15.6 Å². The Morgan fingerprint density at radius 1 is 1.18 bits per heavy atom. The van der Waals surface area contributed by atoms with E-state index in [1.165, 1.54) is 0 Å². The number of anilines is 1. The van der Waals surface area contributed by atoms with E-state index in [1.807, 2.05) is 57.2 Å². The highest BCUT2D eigenvalue weighted by molar-refractivity contribution is 5.74. The van der Waals surface area contributed by atoms with Gasteiger partial charge in [-0.25, -0.2) is 4.98 Å². The van der Waals surface area contributed by atoms with Crippen molar-refractivity contribution in [1.29, 1.82) is 0 Å². The highest BCUT2D eigenvalue weighted by Crippen LogP contribution is 2.20. The van der Waals surface area contributed by atoms with Crippen molar-refractivity contribution >= 4 is 17.1 Å². The average molecular weight is 297 g/mol. The van der Waals surface area contributed by atoms with Crippen molar-refractivity contribution in [3.05, 3.63) is 48.2 Å². The summed E-state index contributed by atoms with van der Waals surface area (Å²) in [7, 11) is 0. The molecule has 3 rings (SSSR count). The smallest absolute Gasteiger partial charge is 0.295 e. The van der Waals surface area contributed by atoms with E-state index in [0.717, 1.165) is 16.7 Å². The number of nitrogens with one attached hydrogen (secondary N) is 1. The van der Waals surface area contributed by atoms with Gasteiger partial charge in [0.15, 0.2) is 5.58 Å². The molecule has 5 nitrogen and oxygen atoms in total. The van der Waals surface area contributed by atoms with Crippen LogP contribution in [-0.2, 0) is 6.54 Å². The molecule has 114 valence electrons. The molecule has 1 N–H and O–H groups in total. The van der Waals surface area contributed by atoms with Gasteiger partial charge in [0.05, 0.1) is 0 Å². The number of benzene rings is 1. The average Bonchev–Trinajstić information content (AvgIpc) is 2.86. The summed E-state index contributed by atoms with van der Waals surface area (Å²) in [6, 6.07) is 12.0. The molecule has 0 aliphatic rings. The van der Waals surface area contributed by atoms with E-state index in [4.69, 9.17) is 9.15 Å². The van der Waals surface area contributed by atoms with Crippen molar-refractivity contribution in [3.63, 3.8) is 0 Å². The summed E-state index contributed by atoms with van der Waals surface area (Å²) in [5, 5.41) is 3.18. The van der Waals surface area contributed by atoms with Crippen LogP contribution in [0, 0.1) is 0 Å². The molecular weight excluding hydrogens is 278 g/mol. The predicted molar refractivity (Wildman–Crippen MR) is 86.0 cm³/mol. The summed E-state index contributed by atoms with van der Waals surface area (Å²) < 4.78 is 11.4. The van der Waals surface area contributed by atoms with Crippen LogP contribution in [0.2, 0.25) is 0 Å². The zero-order chi connectivity index (χ0) is 15.6. The van der Waals surface area contributed by atoms with E-state index in [0.29, 0.717) is 18.4 Å². The molecule has 0 amide bonds. The Kier molecular flexibility index (Phi) is 3.71. The fourth-order valence-corrected chi connectivity index (χ4v) is 2.06. The Bertz CT molecular complexity index is 742. The second kappa shape index (κ2) is 5.67. The predicted octanol–water partition coefficient (Wildman–Crippen LogP) is 4.01. The first kappa shape index (κ1) is 14.4. The van der Waals surface area contributed by atoms with Crippen LogP contribution in [0.3, 0.4) is 0 Å². The molecule has 0 saturated heterocycles. The minimum Gasteiger partial charge on any atom is -0.472 e. The fourth-order valence-electron chi connectivity index (χ4n) is 2.06. The van der Waals surface area contributed by atoms with Gasteiger partial charge >= 0.3 is 0 Å². The molecule has 0 bridgehead atoms. The second-order valence-corrected chi connectivity index (χ2v) is 6.06. The summed E-state index contributed by atoms with van der Waals surface area (Å²) >= 11 is 0. The lowest BCUT2D eigenvalue weighted by Gasteiger charge is -2.20.